The van der Waals surface area contributed by atoms with Crippen molar-refractivity contribution in [2.45, 2.75) is 38.1 Å². The number of hydrogen-bond acceptors (Lipinski definition) is 2. The first-order chi connectivity index (χ1) is 10.2. The Bertz CT molecular complexity index is 557. The second-order valence-corrected chi connectivity index (χ2v) is 5.52. The highest BCUT2D eigenvalue weighted by Crippen LogP contribution is 2.21. The van der Waals surface area contributed by atoms with E-state index in [-0.39, 0.29) is 18.7 Å². The van der Waals surface area contributed by atoms with Crippen LogP contribution in [0.5, 0.6) is 0 Å². The number of amides is 2. The largest absolute Gasteiger partial charge is 0.384 e. The molecule has 2 rings (SSSR count). The van der Waals surface area contributed by atoms with Crippen molar-refractivity contribution in [3.8, 4) is 11.8 Å². The third-order valence-corrected chi connectivity index (χ3v) is 3.71. The van der Waals surface area contributed by atoms with Crippen LogP contribution < -0.4 is 10.6 Å². The molecule has 1 saturated carbocycles. The fourth-order valence-electron chi connectivity index (χ4n) is 2.45. The normalized spacial score (nSPS) is 15.0. The van der Waals surface area contributed by atoms with Crippen molar-refractivity contribution in [3.05, 3.63) is 28.8 Å². The Morgan fingerprint density at radius 3 is 2.81 bits per heavy atom. The fraction of sp³-hybridized carbons (Fsp3) is 0.438. The van der Waals surface area contributed by atoms with E-state index in [0.717, 1.165) is 25.7 Å². The minimum atomic E-state index is -0.240. The van der Waals surface area contributed by atoms with Gasteiger partial charge < -0.3 is 15.7 Å². The van der Waals surface area contributed by atoms with Gasteiger partial charge in [-0.15, -0.1) is 0 Å². The highest BCUT2D eigenvalue weighted by atomic mass is 35.5. The fourth-order valence-corrected chi connectivity index (χ4v) is 2.63. The first-order valence-electron chi connectivity index (χ1n) is 7.16. The molecule has 1 aliphatic carbocycles. The lowest BCUT2D eigenvalue weighted by Gasteiger charge is -2.23. The van der Waals surface area contributed by atoms with E-state index >= 15 is 0 Å². The standard InChI is InChI=1S/C16H19ClN2O2/c17-13-9-8-12(5-4-10-20)15(11-13)19-16(21)18-14-6-2-1-3-7-14/h8-9,11,14,20H,1-3,6-7,10H2,(H2,18,19,21). The lowest BCUT2D eigenvalue weighted by Crippen LogP contribution is -2.39. The summed E-state index contributed by atoms with van der Waals surface area (Å²) in [5, 5.41) is 15.1. The van der Waals surface area contributed by atoms with Crippen LogP contribution in [0.1, 0.15) is 37.7 Å². The molecule has 0 aromatic heterocycles. The van der Waals surface area contributed by atoms with Gasteiger partial charge in [0.05, 0.1) is 5.69 Å². The van der Waals surface area contributed by atoms with Gasteiger partial charge in [-0.05, 0) is 31.0 Å². The molecule has 0 aliphatic heterocycles. The number of aliphatic hydroxyl groups is 1. The van der Waals surface area contributed by atoms with Gasteiger partial charge in [0.15, 0.2) is 0 Å². The van der Waals surface area contributed by atoms with Gasteiger partial charge >= 0.3 is 6.03 Å². The van der Waals surface area contributed by atoms with Crippen molar-refractivity contribution in [3.63, 3.8) is 0 Å². The average molecular weight is 307 g/mol. The van der Waals surface area contributed by atoms with E-state index < -0.39 is 0 Å². The molecule has 3 N–H and O–H groups in total. The van der Waals surface area contributed by atoms with Crippen LogP contribution >= 0.6 is 11.6 Å². The van der Waals surface area contributed by atoms with E-state index in [4.69, 9.17) is 16.7 Å². The molecule has 0 unspecified atom stereocenters. The number of anilines is 1. The Morgan fingerprint density at radius 2 is 2.10 bits per heavy atom. The van der Waals surface area contributed by atoms with Gasteiger partial charge in [0.2, 0.25) is 0 Å². The highest BCUT2D eigenvalue weighted by Gasteiger charge is 2.16. The van der Waals surface area contributed by atoms with Crippen LogP contribution in [0.3, 0.4) is 0 Å². The van der Waals surface area contributed by atoms with Crippen molar-refractivity contribution in [1.82, 2.24) is 5.32 Å². The number of nitrogens with one attached hydrogen (secondary N) is 2. The molecule has 21 heavy (non-hydrogen) atoms. The van der Waals surface area contributed by atoms with Crippen molar-refractivity contribution in [2.24, 2.45) is 0 Å². The summed E-state index contributed by atoms with van der Waals surface area (Å²) in [6.07, 6.45) is 5.62. The number of hydrogen-bond donors (Lipinski definition) is 3. The van der Waals surface area contributed by atoms with Gasteiger partial charge in [0, 0.05) is 16.6 Å². The van der Waals surface area contributed by atoms with Gasteiger partial charge in [0.25, 0.3) is 0 Å². The Labute approximate surface area is 129 Å². The summed E-state index contributed by atoms with van der Waals surface area (Å²) < 4.78 is 0. The van der Waals surface area contributed by atoms with Crippen LogP contribution in [0, 0.1) is 11.8 Å². The van der Waals surface area contributed by atoms with E-state index in [9.17, 15) is 4.79 Å². The Morgan fingerprint density at radius 1 is 1.33 bits per heavy atom. The quantitative estimate of drug-likeness (QED) is 0.735. The number of carbonyl (C=O) groups excluding carboxylic acids is 1. The van der Waals surface area contributed by atoms with Crippen LogP contribution in [0.25, 0.3) is 0 Å². The van der Waals surface area contributed by atoms with Gasteiger partial charge in [-0.1, -0.05) is 42.7 Å². The third-order valence-electron chi connectivity index (χ3n) is 3.47. The predicted molar refractivity (Wildman–Crippen MR) is 84.4 cm³/mol. The zero-order chi connectivity index (χ0) is 15.1. The predicted octanol–water partition coefficient (Wildman–Crippen LogP) is 3.14. The van der Waals surface area contributed by atoms with Crippen LogP contribution in [0.4, 0.5) is 10.5 Å². The van der Waals surface area contributed by atoms with Crippen LogP contribution in [0.15, 0.2) is 18.2 Å². The number of urea groups is 1. The van der Waals surface area contributed by atoms with E-state index in [2.05, 4.69) is 22.5 Å². The molecule has 1 aromatic rings. The van der Waals surface area contributed by atoms with Crippen molar-refractivity contribution in [1.29, 1.82) is 0 Å². The number of benzene rings is 1. The molecule has 5 heteroatoms. The zero-order valence-corrected chi connectivity index (χ0v) is 12.5. The number of halogens is 1. The Kier molecular flexibility index (Phi) is 5.91. The van der Waals surface area contributed by atoms with Gasteiger partial charge in [-0.2, -0.15) is 0 Å². The molecule has 0 heterocycles. The van der Waals surface area contributed by atoms with Crippen LogP contribution in [-0.2, 0) is 0 Å². The molecule has 4 nitrogen and oxygen atoms in total. The monoisotopic (exact) mass is 306 g/mol. The number of aliphatic hydroxyl groups excluding tert-OH is 1. The van der Waals surface area contributed by atoms with Crippen LogP contribution in [-0.4, -0.2) is 23.8 Å². The minimum Gasteiger partial charge on any atom is -0.384 e. The molecular formula is C16H19ClN2O2. The highest BCUT2D eigenvalue weighted by molar-refractivity contribution is 6.31. The molecule has 0 radical (unpaired) electrons. The smallest absolute Gasteiger partial charge is 0.319 e. The maximum Gasteiger partial charge on any atom is 0.319 e. The van der Waals surface area contributed by atoms with E-state index in [1.807, 2.05) is 0 Å². The average Bonchev–Trinajstić information content (AvgIpc) is 2.47. The van der Waals surface area contributed by atoms with Crippen molar-refractivity contribution in [2.75, 3.05) is 11.9 Å². The first-order valence-corrected chi connectivity index (χ1v) is 7.53. The molecule has 112 valence electrons. The van der Waals surface area contributed by atoms with E-state index in [0.29, 0.717) is 16.3 Å². The molecule has 1 aliphatic rings. The summed E-state index contributed by atoms with van der Waals surface area (Å²) in [6, 6.07) is 5.08. The second kappa shape index (κ2) is 7.92. The molecule has 1 fully saturated rings. The molecule has 0 atom stereocenters. The summed E-state index contributed by atoms with van der Waals surface area (Å²) in [5.41, 5.74) is 1.18. The van der Waals surface area contributed by atoms with E-state index in [1.54, 1.807) is 18.2 Å². The van der Waals surface area contributed by atoms with Gasteiger partial charge in [0.1, 0.15) is 6.61 Å². The molecule has 1 aromatic carbocycles. The summed E-state index contributed by atoms with van der Waals surface area (Å²) in [6.45, 7) is -0.226. The lowest BCUT2D eigenvalue weighted by atomic mass is 9.96. The Hall–Kier alpha value is -1.70. The second-order valence-electron chi connectivity index (χ2n) is 5.08. The molecule has 0 spiro atoms. The molecule has 0 saturated heterocycles. The van der Waals surface area contributed by atoms with Crippen LogP contribution in [0.2, 0.25) is 5.02 Å². The van der Waals surface area contributed by atoms with Gasteiger partial charge in [-0.25, -0.2) is 4.79 Å². The lowest BCUT2D eigenvalue weighted by molar-refractivity contribution is 0.244. The summed E-state index contributed by atoms with van der Waals surface area (Å²) in [4.78, 5) is 12.1. The maximum absolute atomic E-state index is 12.1. The van der Waals surface area contributed by atoms with Crippen molar-refractivity contribution < 1.29 is 9.90 Å². The maximum atomic E-state index is 12.1. The van der Waals surface area contributed by atoms with Gasteiger partial charge in [-0.3, -0.25) is 0 Å². The minimum absolute atomic E-state index is 0.226. The molecular weight excluding hydrogens is 288 g/mol. The zero-order valence-electron chi connectivity index (χ0n) is 11.8. The summed E-state index contributed by atoms with van der Waals surface area (Å²) in [7, 11) is 0. The van der Waals surface area contributed by atoms with E-state index in [1.165, 1.54) is 6.42 Å². The Balaban J connectivity index is 2.03. The number of carbonyl (C=O) groups is 1. The summed E-state index contributed by atoms with van der Waals surface area (Å²) in [5.74, 6) is 5.37. The third kappa shape index (κ3) is 4.96. The van der Waals surface area contributed by atoms with Crippen molar-refractivity contribution >= 4 is 23.3 Å². The SMILES string of the molecule is O=C(Nc1cc(Cl)ccc1C#CCO)NC1CCCCC1. The number of rotatable bonds is 2. The molecule has 2 amide bonds. The molecule has 0 bridgehead atoms. The first kappa shape index (κ1) is 15.7. The topological polar surface area (TPSA) is 61.4 Å². The summed E-state index contributed by atoms with van der Waals surface area (Å²) >= 11 is 5.96.